The number of ether oxygens (including phenoxy) is 1. The fourth-order valence-electron chi connectivity index (χ4n) is 1.24. The summed E-state index contributed by atoms with van der Waals surface area (Å²) >= 11 is 0. The Kier molecular flexibility index (Phi) is 3.02. The van der Waals surface area contributed by atoms with Gasteiger partial charge in [0.1, 0.15) is 6.29 Å². The van der Waals surface area contributed by atoms with Crippen LogP contribution >= 0.6 is 0 Å². The van der Waals surface area contributed by atoms with Crippen LogP contribution in [0.25, 0.3) is 0 Å². The van der Waals surface area contributed by atoms with Crippen LogP contribution in [0.3, 0.4) is 0 Å². The maximum atomic E-state index is 11.2. The molecule has 1 rings (SSSR count). The molecule has 0 aliphatic carbocycles. The van der Waals surface area contributed by atoms with Gasteiger partial charge < -0.3 is 4.74 Å². The number of carbonyl (C=O) groups excluding carboxylic acids is 2. The molecule has 14 heavy (non-hydrogen) atoms. The minimum atomic E-state index is -0.420. The third-order valence-corrected chi connectivity index (χ3v) is 2.26. The Morgan fingerprint density at radius 3 is 2.50 bits per heavy atom. The number of carbonyl (C=O) groups is 2. The van der Waals surface area contributed by atoms with Gasteiger partial charge in [-0.15, -0.1) is 0 Å². The summed E-state index contributed by atoms with van der Waals surface area (Å²) < 4.78 is 4.58. The molecule has 0 spiro atoms. The summed E-state index contributed by atoms with van der Waals surface area (Å²) in [5, 5.41) is 0. The van der Waals surface area contributed by atoms with Crippen LogP contribution in [0.5, 0.6) is 0 Å². The van der Waals surface area contributed by atoms with Crippen LogP contribution < -0.4 is 0 Å². The number of rotatable bonds is 2. The zero-order chi connectivity index (χ0) is 10.7. The topological polar surface area (TPSA) is 43.4 Å². The predicted molar refractivity (Wildman–Crippen MR) is 52.6 cm³/mol. The van der Waals surface area contributed by atoms with Crippen molar-refractivity contribution in [2.75, 3.05) is 7.11 Å². The lowest BCUT2D eigenvalue weighted by Crippen LogP contribution is -2.04. The maximum absolute atomic E-state index is 11.2. The lowest BCUT2D eigenvalue weighted by Gasteiger charge is -2.06. The van der Waals surface area contributed by atoms with Crippen molar-refractivity contribution in [3.8, 4) is 0 Å². The van der Waals surface area contributed by atoms with Gasteiger partial charge in [-0.25, -0.2) is 4.79 Å². The zero-order valence-electron chi connectivity index (χ0n) is 8.46. The quantitative estimate of drug-likeness (QED) is 0.531. The van der Waals surface area contributed by atoms with Gasteiger partial charge in [-0.05, 0) is 37.1 Å². The van der Waals surface area contributed by atoms with Crippen LogP contribution in [-0.2, 0) is 4.74 Å². The van der Waals surface area contributed by atoms with Crippen molar-refractivity contribution < 1.29 is 14.3 Å². The van der Waals surface area contributed by atoms with E-state index in [-0.39, 0.29) is 0 Å². The van der Waals surface area contributed by atoms with Crippen molar-refractivity contribution in [3.05, 3.63) is 34.4 Å². The van der Waals surface area contributed by atoms with E-state index >= 15 is 0 Å². The molecular weight excluding hydrogens is 180 g/mol. The summed E-state index contributed by atoms with van der Waals surface area (Å²) in [5.41, 5.74) is 2.76. The van der Waals surface area contributed by atoms with Gasteiger partial charge in [0.2, 0.25) is 0 Å². The Morgan fingerprint density at radius 2 is 2.00 bits per heavy atom. The monoisotopic (exact) mass is 192 g/mol. The van der Waals surface area contributed by atoms with Gasteiger partial charge in [0.15, 0.2) is 0 Å². The number of esters is 1. The SMILES string of the molecule is COC(=O)c1cc(C)c(C)c(C=O)c1. The van der Waals surface area contributed by atoms with Gasteiger partial charge in [-0.1, -0.05) is 0 Å². The molecule has 1 aromatic carbocycles. The lowest BCUT2D eigenvalue weighted by molar-refractivity contribution is 0.0600. The molecule has 1 aromatic rings. The van der Waals surface area contributed by atoms with Crippen LogP contribution in [0.1, 0.15) is 31.8 Å². The van der Waals surface area contributed by atoms with Crippen LogP contribution in [0.15, 0.2) is 12.1 Å². The molecule has 0 N–H and O–H groups in total. The third-order valence-electron chi connectivity index (χ3n) is 2.26. The lowest BCUT2D eigenvalue weighted by atomic mass is 10.0. The van der Waals surface area contributed by atoms with Crippen LogP contribution in [-0.4, -0.2) is 19.4 Å². The first kappa shape index (κ1) is 10.4. The highest BCUT2D eigenvalue weighted by Gasteiger charge is 2.09. The number of hydrogen-bond donors (Lipinski definition) is 0. The summed E-state index contributed by atoms with van der Waals surface area (Å²) in [7, 11) is 1.32. The van der Waals surface area contributed by atoms with Crippen molar-refractivity contribution in [2.24, 2.45) is 0 Å². The molecule has 0 saturated heterocycles. The van der Waals surface area contributed by atoms with Crippen molar-refractivity contribution in [3.63, 3.8) is 0 Å². The summed E-state index contributed by atoms with van der Waals surface area (Å²) in [4.78, 5) is 21.9. The van der Waals surface area contributed by atoms with Crippen molar-refractivity contribution >= 4 is 12.3 Å². The second-order valence-electron chi connectivity index (χ2n) is 3.12. The van der Waals surface area contributed by atoms with Gasteiger partial charge in [0.05, 0.1) is 12.7 Å². The first-order valence-electron chi connectivity index (χ1n) is 4.25. The normalized spacial score (nSPS) is 9.64. The second-order valence-corrected chi connectivity index (χ2v) is 3.12. The summed E-state index contributed by atoms with van der Waals surface area (Å²) in [6, 6.07) is 3.26. The average molecular weight is 192 g/mol. The number of methoxy groups -OCH3 is 1. The molecule has 74 valence electrons. The highest BCUT2D eigenvalue weighted by Crippen LogP contribution is 2.15. The first-order chi connectivity index (χ1) is 6.60. The molecule has 0 heterocycles. The van der Waals surface area contributed by atoms with E-state index in [1.54, 1.807) is 12.1 Å². The molecule has 3 heteroatoms. The Balaban J connectivity index is 3.29. The van der Waals surface area contributed by atoms with Gasteiger partial charge in [0.25, 0.3) is 0 Å². The van der Waals surface area contributed by atoms with E-state index in [1.165, 1.54) is 7.11 Å². The highest BCUT2D eigenvalue weighted by molar-refractivity contribution is 5.92. The molecule has 0 unspecified atom stereocenters. The fraction of sp³-hybridized carbons (Fsp3) is 0.273. The maximum Gasteiger partial charge on any atom is 0.337 e. The van der Waals surface area contributed by atoms with Gasteiger partial charge in [0, 0.05) is 5.56 Å². The minimum Gasteiger partial charge on any atom is -0.465 e. The molecule has 0 bridgehead atoms. The van der Waals surface area contributed by atoms with Crippen molar-refractivity contribution in [1.82, 2.24) is 0 Å². The largest absolute Gasteiger partial charge is 0.465 e. The van der Waals surface area contributed by atoms with Gasteiger partial charge >= 0.3 is 5.97 Å². The number of benzene rings is 1. The summed E-state index contributed by atoms with van der Waals surface area (Å²) in [6.07, 6.45) is 0.745. The second kappa shape index (κ2) is 4.05. The van der Waals surface area contributed by atoms with E-state index < -0.39 is 5.97 Å². The van der Waals surface area contributed by atoms with Crippen LogP contribution in [0, 0.1) is 13.8 Å². The smallest absolute Gasteiger partial charge is 0.337 e. The van der Waals surface area contributed by atoms with Crippen molar-refractivity contribution in [1.29, 1.82) is 0 Å². The molecule has 0 radical (unpaired) electrons. The van der Waals surface area contributed by atoms with Crippen molar-refractivity contribution in [2.45, 2.75) is 13.8 Å². The molecule has 3 nitrogen and oxygen atoms in total. The zero-order valence-corrected chi connectivity index (χ0v) is 8.46. The summed E-state index contributed by atoms with van der Waals surface area (Å²) in [6.45, 7) is 3.70. The standard InChI is InChI=1S/C11H12O3/c1-7-4-9(11(13)14-3)5-10(6-12)8(7)2/h4-6H,1-3H3. The van der Waals surface area contributed by atoms with Gasteiger partial charge in [-0.3, -0.25) is 4.79 Å². The fourth-order valence-corrected chi connectivity index (χ4v) is 1.24. The molecule has 0 atom stereocenters. The number of hydrogen-bond acceptors (Lipinski definition) is 3. The Hall–Kier alpha value is -1.64. The Bertz CT molecular complexity index is 380. The molecule has 0 saturated carbocycles. The van der Waals surface area contributed by atoms with E-state index in [0.717, 1.165) is 17.4 Å². The number of aryl methyl sites for hydroxylation is 1. The van der Waals surface area contributed by atoms with Crippen LogP contribution in [0.2, 0.25) is 0 Å². The molecular formula is C11H12O3. The summed E-state index contributed by atoms with van der Waals surface area (Å²) in [5.74, 6) is -0.420. The first-order valence-corrected chi connectivity index (χ1v) is 4.25. The molecule has 0 aliphatic heterocycles. The van der Waals surface area contributed by atoms with Crippen LogP contribution in [0.4, 0.5) is 0 Å². The Morgan fingerprint density at radius 1 is 1.36 bits per heavy atom. The Labute approximate surface area is 82.7 Å². The highest BCUT2D eigenvalue weighted by atomic mass is 16.5. The molecule has 0 fully saturated rings. The molecule has 0 amide bonds. The predicted octanol–water partition coefficient (Wildman–Crippen LogP) is 1.90. The van der Waals surface area contributed by atoms with E-state index in [0.29, 0.717) is 11.1 Å². The minimum absolute atomic E-state index is 0.415. The van der Waals surface area contributed by atoms with E-state index in [9.17, 15) is 9.59 Å². The van der Waals surface area contributed by atoms with E-state index in [2.05, 4.69) is 4.74 Å². The molecule has 0 aliphatic rings. The van der Waals surface area contributed by atoms with Gasteiger partial charge in [-0.2, -0.15) is 0 Å². The number of aldehydes is 1. The molecule has 0 aromatic heterocycles. The third kappa shape index (κ3) is 1.82. The van der Waals surface area contributed by atoms with E-state index in [1.807, 2.05) is 13.8 Å². The van der Waals surface area contributed by atoms with E-state index in [4.69, 9.17) is 0 Å². The average Bonchev–Trinajstić information content (AvgIpc) is 2.20.